The summed E-state index contributed by atoms with van der Waals surface area (Å²) >= 11 is 0. The van der Waals surface area contributed by atoms with E-state index in [4.69, 9.17) is 4.74 Å². The Hall–Kier alpha value is -3.08. The van der Waals surface area contributed by atoms with Crippen LogP contribution in [0.5, 0.6) is 5.75 Å². The normalized spacial score (nSPS) is 10.5. The van der Waals surface area contributed by atoms with Gasteiger partial charge in [-0.3, -0.25) is 0 Å². The number of carbonyl (C=O) groups is 1. The number of hydrogen-bond acceptors (Lipinski definition) is 4. The fourth-order valence-corrected chi connectivity index (χ4v) is 2.22. The Morgan fingerprint density at radius 2 is 1.96 bits per heavy atom. The number of carbonyl (C=O) groups excluding carboxylic acids is 1. The molecule has 0 radical (unpaired) electrons. The summed E-state index contributed by atoms with van der Waals surface area (Å²) in [4.78, 5) is 12.0. The lowest BCUT2D eigenvalue weighted by Crippen LogP contribution is -2.06. The van der Waals surface area contributed by atoms with Gasteiger partial charge in [0.15, 0.2) is 0 Å². The van der Waals surface area contributed by atoms with E-state index in [9.17, 15) is 9.90 Å². The third kappa shape index (κ3) is 3.23. The monoisotopic (exact) mass is 308 g/mol. The Labute approximate surface area is 133 Å². The molecule has 0 amide bonds. The molecule has 3 rings (SSSR count). The first-order chi connectivity index (χ1) is 11.1. The number of benzene rings is 2. The smallest absolute Gasteiger partial charge is 0.342 e. The van der Waals surface area contributed by atoms with Gasteiger partial charge in [-0.25, -0.2) is 9.48 Å². The lowest BCUT2D eigenvalue weighted by Gasteiger charge is -2.08. The van der Waals surface area contributed by atoms with Gasteiger partial charge in [0.1, 0.15) is 17.9 Å². The largest absolute Gasteiger partial charge is 0.507 e. The molecular weight excluding hydrogens is 292 g/mol. The van der Waals surface area contributed by atoms with E-state index in [1.165, 1.54) is 0 Å². The van der Waals surface area contributed by atoms with Crippen molar-refractivity contribution in [3.63, 3.8) is 0 Å². The number of hydrogen-bond donors (Lipinski definition) is 1. The molecule has 5 nitrogen and oxygen atoms in total. The van der Waals surface area contributed by atoms with Crippen LogP contribution in [0, 0.1) is 6.92 Å². The molecule has 0 saturated carbocycles. The highest BCUT2D eigenvalue weighted by molar-refractivity contribution is 5.92. The molecule has 1 aromatic heterocycles. The SMILES string of the molecule is Cc1cccc(C(=O)OCc2ccc(-n3cccn3)cc2)c1O. The second-order valence-corrected chi connectivity index (χ2v) is 5.16. The molecule has 0 saturated heterocycles. The second kappa shape index (κ2) is 6.36. The van der Waals surface area contributed by atoms with Crippen LogP contribution < -0.4 is 0 Å². The van der Waals surface area contributed by atoms with Gasteiger partial charge in [0, 0.05) is 12.4 Å². The molecule has 0 spiro atoms. The average molecular weight is 308 g/mol. The topological polar surface area (TPSA) is 64.4 Å². The zero-order chi connectivity index (χ0) is 16.2. The summed E-state index contributed by atoms with van der Waals surface area (Å²) in [6, 6.07) is 14.4. The Morgan fingerprint density at radius 3 is 2.65 bits per heavy atom. The number of nitrogens with zero attached hydrogens (tertiary/aromatic N) is 2. The van der Waals surface area contributed by atoms with Gasteiger partial charge in [-0.2, -0.15) is 5.10 Å². The lowest BCUT2D eigenvalue weighted by atomic mass is 10.1. The molecule has 3 aromatic rings. The quantitative estimate of drug-likeness (QED) is 0.751. The van der Waals surface area contributed by atoms with Crippen molar-refractivity contribution < 1.29 is 14.6 Å². The molecule has 23 heavy (non-hydrogen) atoms. The van der Waals surface area contributed by atoms with Gasteiger partial charge in [0.25, 0.3) is 0 Å². The summed E-state index contributed by atoms with van der Waals surface area (Å²) in [5, 5.41) is 14.0. The summed E-state index contributed by atoms with van der Waals surface area (Å²) in [7, 11) is 0. The van der Waals surface area contributed by atoms with Crippen LogP contribution in [0.25, 0.3) is 5.69 Å². The maximum Gasteiger partial charge on any atom is 0.342 e. The second-order valence-electron chi connectivity index (χ2n) is 5.16. The number of aromatic nitrogens is 2. The molecule has 116 valence electrons. The number of aromatic hydroxyl groups is 1. The first-order valence-corrected chi connectivity index (χ1v) is 7.20. The zero-order valence-electron chi connectivity index (χ0n) is 12.6. The van der Waals surface area contributed by atoms with Gasteiger partial charge in [-0.05, 0) is 42.3 Å². The number of phenols is 1. The van der Waals surface area contributed by atoms with Crippen LogP contribution in [-0.4, -0.2) is 20.9 Å². The molecule has 0 unspecified atom stereocenters. The minimum absolute atomic E-state index is 0.0356. The molecular formula is C18H16N2O3. The number of phenolic OH excluding ortho intramolecular Hbond substituents is 1. The molecule has 5 heteroatoms. The van der Waals surface area contributed by atoms with Gasteiger partial charge < -0.3 is 9.84 Å². The maximum absolute atomic E-state index is 12.0. The van der Waals surface area contributed by atoms with Crippen LogP contribution in [0.3, 0.4) is 0 Å². The fourth-order valence-electron chi connectivity index (χ4n) is 2.22. The highest BCUT2D eigenvalue weighted by Gasteiger charge is 2.13. The van der Waals surface area contributed by atoms with Gasteiger partial charge >= 0.3 is 5.97 Å². The fraction of sp³-hybridized carbons (Fsp3) is 0.111. The van der Waals surface area contributed by atoms with Crippen LogP contribution in [-0.2, 0) is 11.3 Å². The van der Waals surface area contributed by atoms with Crippen LogP contribution >= 0.6 is 0 Å². The highest BCUT2D eigenvalue weighted by Crippen LogP contribution is 2.22. The van der Waals surface area contributed by atoms with Gasteiger partial charge in [-0.1, -0.05) is 24.3 Å². The first-order valence-electron chi connectivity index (χ1n) is 7.20. The summed E-state index contributed by atoms with van der Waals surface area (Å²) in [5.74, 6) is -0.575. The van der Waals surface area contributed by atoms with Crippen LogP contribution in [0.2, 0.25) is 0 Å². The van der Waals surface area contributed by atoms with E-state index >= 15 is 0 Å². The van der Waals surface area contributed by atoms with Gasteiger partial charge in [-0.15, -0.1) is 0 Å². The van der Waals surface area contributed by atoms with Gasteiger partial charge in [0.2, 0.25) is 0 Å². The molecule has 1 N–H and O–H groups in total. The number of rotatable bonds is 4. The van der Waals surface area contributed by atoms with Crippen LogP contribution in [0.15, 0.2) is 60.9 Å². The molecule has 0 aliphatic carbocycles. The number of para-hydroxylation sites is 1. The third-order valence-corrected chi connectivity index (χ3v) is 3.53. The van der Waals surface area contributed by atoms with Crippen molar-refractivity contribution in [2.24, 2.45) is 0 Å². The van der Waals surface area contributed by atoms with Crippen LogP contribution in [0.4, 0.5) is 0 Å². The summed E-state index contributed by atoms with van der Waals surface area (Å²) < 4.78 is 7.01. The third-order valence-electron chi connectivity index (χ3n) is 3.53. The van der Waals surface area contributed by atoms with Crippen molar-refractivity contribution >= 4 is 5.97 Å². The van der Waals surface area contributed by atoms with E-state index in [0.29, 0.717) is 5.56 Å². The van der Waals surface area contributed by atoms with Gasteiger partial charge in [0.05, 0.1) is 5.69 Å². The Bertz CT molecular complexity index is 809. The predicted molar refractivity (Wildman–Crippen MR) is 85.5 cm³/mol. The van der Waals surface area contributed by atoms with Crippen molar-refractivity contribution in [3.8, 4) is 11.4 Å². The van der Waals surface area contributed by atoms with E-state index in [1.54, 1.807) is 36.0 Å². The molecule has 0 atom stereocenters. The Kier molecular flexibility index (Phi) is 4.10. The highest BCUT2D eigenvalue weighted by atomic mass is 16.5. The molecule has 1 heterocycles. The summed E-state index contributed by atoms with van der Waals surface area (Å²) in [6.07, 6.45) is 3.57. The van der Waals surface area contributed by atoms with Crippen LogP contribution in [0.1, 0.15) is 21.5 Å². The van der Waals surface area contributed by atoms with E-state index < -0.39 is 5.97 Å². The Morgan fingerprint density at radius 1 is 1.17 bits per heavy atom. The number of aryl methyl sites for hydroxylation is 1. The summed E-state index contributed by atoms with van der Waals surface area (Å²) in [6.45, 7) is 1.88. The number of ether oxygens (including phenoxy) is 1. The molecule has 0 fully saturated rings. The minimum Gasteiger partial charge on any atom is -0.507 e. The number of esters is 1. The van der Waals surface area contributed by atoms with Crippen molar-refractivity contribution in [3.05, 3.63) is 77.6 Å². The molecule has 0 aliphatic rings. The predicted octanol–water partition coefficient (Wildman–Crippen LogP) is 3.24. The van der Waals surface area contributed by atoms with E-state index in [-0.39, 0.29) is 17.9 Å². The van der Waals surface area contributed by atoms with Crippen molar-refractivity contribution in [2.45, 2.75) is 13.5 Å². The molecule has 0 aliphatic heterocycles. The Balaban J connectivity index is 1.66. The standard InChI is InChI=1S/C18H16N2O3/c1-13-4-2-5-16(17(13)21)18(22)23-12-14-6-8-15(9-7-14)20-11-3-10-19-20/h2-11,21H,12H2,1H3. The lowest BCUT2D eigenvalue weighted by molar-refractivity contribution is 0.0469. The zero-order valence-corrected chi connectivity index (χ0v) is 12.6. The van der Waals surface area contributed by atoms with Crippen molar-refractivity contribution in [1.82, 2.24) is 9.78 Å². The van der Waals surface area contributed by atoms with E-state index in [2.05, 4.69) is 5.10 Å². The van der Waals surface area contributed by atoms with Crippen molar-refractivity contribution in [1.29, 1.82) is 0 Å². The minimum atomic E-state index is -0.539. The van der Waals surface area contributed by atoms with E-state index in [1.807, 2.05) is 36.5 Å². The average Bonchev–Trinajstić information content (AvgIpc) is 3.10. The van der Waals surface area contributed by atoms with Crippen molar-refractivity contribution in [2.75, 3.05) is 0 Å². The summed E-state index contributed by atoms with van der Waals surface area (Å²) in [5.41, 5.74) is 2.61. The van der Waals surface area contributed by atoms with E-state index in [0.717, 1.165) is 11.3 Å². The molecule has 2 aromatic carbocycles. The first kappa shape index (κ1) is 14.8. The maximum atomic E-state index is 12.0. The molecule has 0 bridgehead atoms.